The van der Waals surface area contributed by atoms with Crippen molar-refractivity contribution in [1.82, 2.24) is 4.90 Å². The summed E-state index contributed by atoms with van der Waals surface area (Å²) in [4.78, 5) is 1.99. The maximum atomic E-state index is 5.02. The molecule has 0 radical (unpaired) electrons. The van der Waals surface area contributed by atoms with Gasteiger partial charge in [-0.15, -0.1) is 0 Å². The minimum absolute atomic E-state index is 0.733. The summed E-state index contributed by atoms with van der Waals surface area (Å²) in [6, 6.07) is 0. The molecule has 0 spiro atoms. The van der Waals surface area contributed by atoms with Crippen molar-refractivity contribution in [3.05, 3.63) is 0 Å². The van der Waals surface area contributed by atoms with Crippen LogP contribution in [-0.4, -0.2) is 32.3 Å². The standard InChI is InChI=1S/C5H13NO/c1-4-7-5-6(2)3/h4-5H2,1-3H3. The second kappa shape index (κ2) is 4.09. The highest BCUT2D eigenvalue weighted by molar-refractivity contribution is 4.23. The van der Waals surface area contributed by atoms with E-state index >= 15 is 0 Å². The summed E-state index contributed by atoms with van der Waals surface area (Å²) >= 11 is 0. The Morgan fingerprint density at radius 1 is 1.43 bits per heavy atom. The Morgan fingerprint density at radius 3 is 2.14 bits per heavy atom. The molecule has 2 heteroatoms. The third-order valence-electron chi connectivity index (χ3n) is 0.554. The van der Waals surface area contributed by atoms with Gasteiger partial charge < -0.3 is 4.74 Å². The number of hydrogen-bond donors (Lipinski definition) is 0. The van der Waals surface area contributed by atoms with Crippen molar-refractivity contribution in [2.45, 2.75) is 6.92 Å². The van der Waals surface area contributed by atoms with Crippen LogP contribution in [0.5, 0.6) is 0 Å². The van der Waals surface area contributed by atoms with Gasteiger partial charge in [0.05, 0.1) is 6.73 Å². The van der Waals surface area contributed by atoms with Crippen LogP contribution in [0.4, 0.5) is 0 Å². The van der Waals surface area contributed by atoms with Crippen molar-refractivity contribution in [1.29, 1.82) is 0 Å². The molecule has 0 atom stereocenters. The first-order valence-corrected chi connectivity index (χ1v) is 2.50. The van der Waals surface area contributed by atoms with E-state index in [0.717, 1.165) is 13.3 Å². The van der Waals surface area contributed by atoms with E-state index in [0.29, 0.717) is 0 Å². The predicted octanol–water partition coefficient (Wildman–Crippen LogP) is 0.542. The van der Waals surface area contributed by atoms with Gasteiger partial charge >= 0.3 is 0 Å². The van der Waals surface area contributed by atoms with Gasteiger partial charge in [0.2, 0.25) is 0 Å². The second-order valence-corrected chi connectivity index (χ2v) is 1.70. The van der Waals surface area contributed by atoms with Crippen LogP contribution in [0.2, 0.25) is 0 Å². The van der Waals surface area contributed by atoms with Gasteiger partial charge in [-0.1, -0.05) is 0 Å². The number of rotatable bonds is 3. The van der Waals surface area contributed by atoms with E-state index in [1.165, 1.54) is 0 Å². The van der Waals surface area contributed by atoms with Crippen molar-refractivity contribution in [2.75, 3.05) is 27.4 Å². The SMILES string of the molecule is CCOCN(C)C. The summed E-state index contributed by atoms with van der Waals surface area (Å²) in [6.07, 6.45) is 0. The molecule has 0 fully saturated rings. The normalized spacial score (nSPS) is 10.3. The third-order valence-corrected chi connectivity index (χ3v) is 0.554. The topological polar surface area (TPSA) is 12.5 Å². The van der Waals surface area contributed by atoms with Gasteiger partial charge in [-0.25, -0.2) is 0 Å². The van der Waals surface area contributed by atoms with E-state index < -0.39 is 0 Å². The largest absolute Gasteiger partial charge is 0.366 e. The lowest BCUT2D eigenvalue weighted by Crippen LogP contribution is -2.15. The van der Waals surface area contributed by atoms with Crippen LogP contribution in [0.1, 0.15) is 6.92 Å². The average molecular weight is 103 g/mol. The van der Waals surface area contributed by atoms with Crippen molar-refractivity contribution in [2.24, 2.45) is 0 Å². The maximum absolute atomic E-state index is 5.02. The Balaban J connectivity index is 2.68. The molecule has 0 rings (SSSR count). The van der Waals surface area contributed by atoms with Crippen molar-refractivity contribution in [3.63, 3.8) is 0 Å². The van der Waals surface area contributed by atoms with Crippen LogP contribution < -0.4 is 0 Å². The van der Waals surface area contributed by atoms with Gasteiger partial charge in [0.15, 0.2) is 0 Å². The first-order valence-electron chi connectivity index (χ1n) is 2.50. The van der Waals surface area contributed by atoms with Crippen molar-refractivity contribution in [3.8, 4) is 0 Å². The Hall–Kier alpha value is -0.0800. The van der Waals surface area contributed by atoms with E-state index in [1.807, 2.05) is 25.9 Å². The number of hydrogen-bond acceptors (Lipinski definition) is 2. The van der Waals surface area contributed by atoms with E-state index in [-0.39, 0.29) is 0 Å². The Bertz CT molecular complexity index is 37.1. The Labute approximate surface area is 45.1 Å². The van der Waals surface area contributed by atoms with Crippen LogP contribution in [-0.2, 0) is 4.74 Å². The second-order valence-electron chi connectivity index (χ2n) is 1.70. The maximum Gasteiger partial charge on any atom is 0.0985 e. The molecule has 0 aromatic rings. The monoisotopic (exact) mass is 103 g/mol. The summed E-state index contributed by atoms with van der Waals surface area (Å²) in [5.74, 6) is 0. The van der Waals surface area contributed by atoms with Gasteiger partial charge in [0.25, 0.3) is 0 Å². The van der Waals surface area contributed by atoms with Gasteiger partial charge in [-0.2, -0.15) is 0 Å². The summed E-state index contributed by atoms with van der Waals surface area (Å²) in [5, 5.41) is 0. The molecular formula is C5H13NO. The van der Waals surface area contributed by atoms with Gasteiger partial charge in [0, 0.05) is 6.61 Å². The zero-order valence-electron chi connectivity index (χ0n) is 5.27. The molecule has 44 valence electrons. The number of nitrogens with zero attached hydrogens (tertiary/aromatic N) is 1. The fourth-order valence-corrected chi connectivity index (χ4v) is 0.274. The Morgan fingerprint density at radius 2 is 2.00 bits per heavy atom. The van der Waals surface area contributed by atoms with Gasteiger partial charge in [-0.05, 0) is 21.0 Å². The molecule has 0 amide bonds. The molecule has 0 aliphatic heterocycles. The van der Waals surface area contributed by atoms with Crippen LogP contribution >= 0.6 is 0 Å². The molecule has 0 aliphatic rings. The summed E-state index contributed by atoms with van der Waals surface area (Å²) in [5.41, 5.74) is 0. The zero-order valence-corrected chi connectivity index (χ0v) is 5.27. The minimum Gasteiger partial charge on any atom is -0.366 e. The molecular weight excluding hydrogens is 90.1 g/mol. The molecule has 0 aromatic carbocycles. The minimum atomic E-state index is 0.733. The third kappa shape index (κ3) is 5.92. The first-order chi connectivity index (χ1) is 3.27. The first kappa shape index (κ1) is 6.92. The molecule has 7 heavy (non-hydrogen) atoms. The van der Waals surface area contributed by atoms with Gasteiger partial charge in [-0.3, -0.25) is 4.90 Å². The zero-order chi connectivity index (χ0) is 5.70. The van der Waals surface area contributed by atoms with Crippen LogP contribution in [0, 0.1) is 0 Å². The summed E-state index contributed by atoms with van der Waals surface area (Å²) in [7, 11) is 3.96. The molecule has 0 bridgehead atoms. The fraction of sp³-hybridized carbons (Fsp3) is 1.00. The summed E-state index contributed by atoms with van der Waals surface area (Å²) in [6.45, 7) is 3.53. The molecule has 0 heterocycles. The van der Waals surface area contributed by atoms with E-state index in [9.17, 15) is 0 Å². The van der Waals surface area contributed by atoms with E-state index in [4.69, 9.17) is 4.74 Å². The fourth-order valence-electron chi connectivity index (χ4n) is 0.274. The highest BCUT2D eigenvalue weighted by Gasteiger charge is 1.82. The van der Waals surface area contributed by atoms with Crippen LogP contribution in [0.15, 0.2) is 0 Å². The van der Waals surface area contributed by atoms with E-state index in [1.54, 1.807) is 0 Å². The molecule has 0 saturated heterocycles. The lowest BCUT2D eigenvalue weighted by molar-refractivity contribution is 0.0650. The smallest absolute Gasteiger partial charge is 0.0985 e. The average Bonchev–Trinajstić information content (AvgIpc) is 1.61. The van der Waals surface area contributed by atoms with Gasteiger partial charge in [0.1, 0.15) is 0 Å². The van der Waals surface area contributed by atoms with Crippen LogP contribution in [0.25, 0.3) is 0 Å². The number of ether oxygens (including phenoxy) is 1. The quantitative estimate of drug-likeness (QED) is 0.483. The Kier molecular flexibility index (Phi) is 4.04. The molecule has 0 aliphatic carbocycles. The molecule has 2 nitrogen and oxygen atoms in total. The molecule has 0 N–H and O–H groups in total. The van der Waals surface area contributed by atoms with Crippen molar-refractivity contribution < 1.29 is 4.74 Å². The molecule has 0 aromatic heterocycles. The summed E-state index contributed by atoms with van der Waals surface area (Å²) < 4.78 is 5.02. The predicted molar refractivity (Wildman–Crippen MR) is 30.2 cm³/mol. The van der Waals surface area contributed by atoms with Crippen molar-refractivity contribution >= 4 is 0 Å². The molecule has 0 unspecified atom stereocenters. The lowest BCUT2D eigenvalue weighted by Gasteiger charge is -2.07. The lowest BCUT2D eigenvalue weighted by atomic mass is 10.8. The highest BCUT2D eigenvalue weighted by atomic mass is 16.5. The van der Waals surface area contributed by atoms with Crippen LogP contribution in [0.3, 0.4) is 0 Å². The molecule has 0 saturated carbocycles. The highest BCUT2D eigenvalue weighted by Crippen LogP contribution is 1.74. The van der Waals surface area contributed by atoms with E-state index in [2.05, 4.69) is 0 Å².